The maximum atomic E-state index is 12.2. The Balaban J connectivity index is 3.27. The van der Waals surface area contributed by atoms with E-state index in [1.165, 1.54) is 0 Å². The molecular formula is C16H25NO3. The first-order valence-corrected chi connectivity index (χ1v) is 7.11. The maximum Gasteiger partial charge on any atom is 0.330 e. The minimum Gasteiger partial charge on any atom is -0.493 e. The van der Waals surface area contributed by atoms with Gasteiger partial charge in [-0.2, -0.15) is 0 Å². The van der Waals surface area contributed by atoms with Gasteiger partial charge in [0, 0.05) is 0 Å². The number of aryl methyl sites for hydroxylation is 2. The van der Waals surface area contributed by atoms with Gasteiger partial charge in [-0.25, -0.2) is 4.79 Å². The van der Waals surface area contributed by atoms with Gasteiger partial charge in [0.15, 0.2) is 0 Å². The van der Waals surface area contributed by atoms with Crippen LogP contribution in [-0.4, -0.2) is 19.2 Å². The van der Waals surface area contributed by atoms with E-state index in [2.05, 4.69) is 0 Å². The van der Waals surface area contributed by atoms with E-state index in [0.717, 1.165) is 22.4 Å². The lowest BCUT2D eigenvalue weighted by molar-refractivity contribution is -0.150. The number of benzene rings is 1. The van der Waals surface area contributed by atoms with Crippen LogP contribution >= 0.6 is 0 Å². The standard InChI is InChI=1S/C16H25NO3/c1-6-16(17,15(18)20-8-3)13-9-11(4)14(19-7-2)12(5)10-13/h9-10H,6-8,17H2,1-5H3. The maximum absolute atomic E-state index is 12.2. The lowest BCUT2D eigenvalue weighted by Gasteiger charge is -2.27. The van der Waals surface area contributed by atoms with E-state index < -0.39 is 5.54 Å². The summed E-state index contributed by atoms with van der Waals surface area (Å²) in [5.41, 5.74) is 7.93. The third kappa shape index (κ3) is 3.12. The Bertz CT molecular complexity index is 462. The van der Waals surface area contributed by atoms with Crippen molar-refractivity contribution in [1.29, 1.82) is 0 Å². The zero-order valence-electron chi connectivity index (χ0n) is 13.1. The molecule has 0 amide bonds. The summed E-state index contributed by atoms with van der Waals surface area (Å²) in [4.78, 5) is 12.2. The molecule has 0 aliphatic rings. The van der Waals surface area contributed by atoms with E-state index in [4.69, 9.17) is 15.2 Å². The zero-order valence-corrected chi connectivity index (χ0v) is 13.1. The third-order valence-electron chi connectivity index (χ3n) is 3.46. The van der Waals surface area contributed by atoms with Crippen LogP contribution in [0.2, 0.25) is 0 Å². The fraction of sp³-hybridized carbons (Fsp3) is 0.562. The zero-order chi connectivity index (χ0) is 15.3. The van der Waals surface area contributed by atoms with E-state index in [0.29, 0.717) is 19.6 Å². The molecule has 4 nitrogen and oxygen atoms in total. The van der Waals surface area contributed by atoms with Crippen molar-refractivity contribution in [3.05, 3.63) is 28.8 Å². The molecule has 1 unspecified atom stereocenters. The molecule has 1 atom stereocenters. The van der Waals surface area contributed by atoms with Gasteiger partial charge in [0.05, 0.1) is 13.2 Å². The Kier molecular flexibility index (Phi) is 5.57. The van der Waals surface area contributed by atoms with Crippen molar-refractivity contribution in [3.63, 3.8) is 0 Å². The molecule has 20 heavy (non-hydrogen) atoms. The molecule has 1 aromatic rings. The third-order valence-corrected chi connectivity index (χ3v) is 3.46. The van der Waals surface area contributed by atoms with Crippen molar-refractivity contribution in [1.82, 2.24) is 0 Å². The minimum atomic E-state index is -1.10. The molecule has 4 heteroatoms. The molecule has 0 spiro atoms. The minimum absolute atomic E-state index is 0.326. The average molecular weight is 279 g/mol. The topological polar surface area (TPSA) is 61.5 Å². The lowest BCUT2D eigenvalue weighted by atomic mass is 9.86. The van der Waals surface area contributed by atoms with Gasteiger partial charge in [0.25, 0.3) is 0 Å². The fourth-order valence-electron chi connectivity index (χ4n) is 2.31. The Morgan fingerprint density at radius 1 is 1.15 bits per heavy atom. The number of ether oxygens (including phenoxy) is 2. The average Bonchev–Trinajstić information content (AvgIpc) is 2.41. The molecule has 0 saturated carbocycles. The monoisotopic (exact) mass is 279 g/mol. The van der Waals surface area contributed by atoms with E-state index in [9.17, 15) is 4.79 Å². The summed E-state index contributed by atoms with van der Waals surface area (Å²) in [6, 6.07) is 3.83. The van der Waals surface area contributed by atoms with E-state index >= 15 is 0 Å². The van der Waals surface area contributed by atoms with Gasteiger partial charge < -0.3 is 15.2 Å². The Morgan fingerprint density at radius 2 is 1.70 bits per heavy atom. The number of esters is 1. The van der Waals surface area contributed by atoms with Gasteiger partial charge in [0.2, 0.25) is 0 Å². The van der Waals surface area contributed by atoms with Gasteiger partial charge in [-0.05, 0) is 62.9 Å². The van der Waals surface area contributed by atoms with Crippen LogP contribution in [0.3, 0.4) is 0 Å². The molecular weight excluding hydrogens is 254 g/mol. The molecule has 1 rings (SSSR count). The summed E-state index contributed by atoms with van der Waals surface area (Å²) in [5, 5.41) is 0. The first-order chi connectivity index (χ1) is 9.40. The predicted octanol–water partition coefficient (Wildman–Crippen LogP) is 2.83. The summed E-state index contributed by atoms with van der Waals surface area (Å²) in [5.74, 6) is 0.476. The fourth-order valence-corrected chi connectivity index (χ4v) is 2.31. The van der Waals surface area contributed by atoms with Crippen molar-refractivity contribution in [2.45, 2.75) is 46.6 Å². The predicted molar refractivity (Wildman–Crippen MR) is 79.9 cm³/mol. The summed E-state index contributed by atoms with van der Waals surface area (Å²) < 4.78 is 10.7. The first kappa shape index (κ1) is 16.5. The van der Waals surface area contributed by atoms with Gasteiger partial charge in [-0.1, -0.05) is 6.92 Å². The van der Waals surface area contributed by atoms with Crippen LogP contribution in [-0.2, 0) is 15.1 Å². The first-order valence-electron chi connectivity index (χ1n) is 7.11. The van der Waals surface area contributed by atoms with Crippen LogP contribution in [0.1, 0.15) is 43.9 Å². The lowest BCUT2D eigenvalue weighted by Crippen LogP contribution is -2.45. The highest BCUT2D eigenvalue weighted by atomic mass is 16.5. The molecule has 0 bridgehead atoms. The van der Waals surface area contributed by atoms with Gasteiger partial charge in [-0.3, -0.25) is 0 Å². The quantitative estimate of drug-likeness (QED) is 0.813. The van der Waals surface area contributed by atoms with Crippen molar-refractivity contribution >= 4 is 5.97 Å². The van der Waals surface area contributed by atoms with Crippen LogP contribution in [0.5, 0.6) is 5.75 Å². The summed E-state index contributed by atoms with van der Waals surface area (Å²) in [7, 11) is 0. The normalized spacial score (nSPS) is 13.7. The highest BCUT2D eigenvalue weighted by molar-refractivity contribution is 5.82. The second-order valence-corrected chi connectivity index (χ2v) is 4.92. The molecule has 0 radical (unpaired) electrons. The Labute approximate surface area is 121 Å². The molecule has 0 aliphatic carbocycles. The van der Waals surface area contributed by atoms with Gasteiger partial charge >= 0.3 is 5.97 Å². The molecule has 0 fully saturated rings. The number of rotatable bonds is 6. The largest absolute Gasteiger partial charge is 0.493 e. The molecule has 112 valence electrons. The molecule has 0 saturated heterocycles. The number of hydrogen-bond acceptors (Lipinski definition) is 4. The highest BCUT2D eigenvalue weighted by Gasteiger charge is 2.36. The smallest absolute Gasteiger partial charge is 0.330 e. The van der Waals surface area contributed by atoms with Crippen LogP contribution in [0.4, 0.5) is 0 Å². The van der Waals surface area contributed by atoms with Crippen LogP contribution in [0.25, 0.3) is 0 Å². The van der Waals surface area contributed by atoms with Gasteiger partial charge in [-0.15, -0.1) is 0 Å². The Hall–Kier alpha value is -1.55. The van der Waals surface area contributed by atoms with Crippen LogP contribution in [0.15, 0.2) is 12.1 Å². The second kappa shape index (κ2) is 6.75. The number of carbonyl (C=O) groups is 1. The second-order valence-electron chi connectivity index (χ2n) is 4.92. The van der Waals surface area contributed by atoms with Crippen LogP contribution < -0.4 is 10.5 Å². The summed E-state index contributed by atoms with van der Waals surface area (Å²) in [6.45, 7) is 10.5. The molecule has 0 aliphatic heterocycles. The number of hydrogen-bond donors (Lipinski definition) is 1. The summed E-state index contributed by atoms with van der Waals surface area (Å²) in [6.07, 6.45) is 0.485. The van der Waals surface area contributed by atoms with Crippen molar-refractivity contribution in [2.24, 2.45) is 5.73 Å². The van der Waals surface area contributed by atoms with Crippen molar-refractivity contribution < 1.29 is 14.3 Å². The molecule has 1 aromatic carbocycles. The van der Waals surface area contributed by atoms with Crippen molar-refractivity contribution in [2.75, 3.05) is 13.2 Å². The molecule has 0 aromatic heterocycles. The van der Waals surface area contributed by atoms with Gasteiger partial charge in [0.1, 0.15) is 11.3 Å². The molecule has 2 N–H and O–H groups in total. The van der Waals surface area contributed by atoms with Crippen molar-refractivity contribution in [3.8, 4) is 5.75 Å². The van der Waals surface area contributed by atoms with Crippen LogP contribution in [0, 0.1) is 13.8 Å². The van der Waals surface area contributed by atoms with E-state index in [-0.39, 0.29) is 5.97 Å². The number of nitrogens with two attached hydrogens (primary N) is 1. The van der Waals surface area contributed by atoms with E-state index in [1.807, 2.05) is 39.8 Å². The van der Waals surface area contributed by atoms with E-state index in [1.54, 1.807) is 6.92 Å². The molecule has 0 heterocycles. The highest BCUT2D eigenvalue weighted by Crippen LogP contribution is 2.31. The summed E-state index contributed by atoms with van der Waals surface area (Å²) >= 11 is 0. The SMILES string of the molecule is CCOC(=O)C(N)(CC)c1cc(C)c(OCC)c(C)c1. The Morgan fingerprint density at radius 3 is 2.10 bits per heavy atom. The number of carbonyl (C=O) groups excluding carboxylic acids is 1.